The van der Waals surface area contributed by atoms with Gasteiger partial charge in [0.1, 0.15) is 0 Å². The van der Waals surface area contributed by atoms with E-state index in [4.69, 9.17) is 5.73 Å². The van der Waals surface area contributed by atoms with Crippen LogP contribution in [0.25, 0.3) is 10.8 Å². The van der Waals surface area contributed by atoms with Crippen molar-refractivity contribution in [3.8, 4) is 0 Å². The standard InChI is InChI=1S/C24H25N3O/c1-16-9-10-19(27-14-18(25)15-27)13-21(16)23(28)26-24(11-12-24)22-8-4-6-17-5-2-3-7-20(17)22/h2-10,13,18H,11-12,14-15,25H2,1H3,(H,26,28). The Hall–Kier alpha value is -2.85. The van der Waals surface area contributed by atoms with E-state index >= 15 is 0 Å². The molecule has 0 bridgehead atoms. The summed E-state index contributed by atoms with van der Waals surface area (Å²) in [5.41, 5.74) is 9.72. The molecule has 4 nitrogen and oxygen atoms in total. The highest BCUT2D eigenvalue weighted by molar-refractivity contribution is 5.98. The van der Waals surface area contributed by atoms with Crippen molar-refractivity contribution in [1.82, 2.24) is 5.32 Å². The summed E-state index contributed by atoms with van der Waals surface area (Å²) in [6.07, 6.45) is 1.96. The molecule has 2 aliphatic rings. The number of anilines is 1. The predicted octanol–water partition coefficient (Wildman–Crippen LogP) is 3.71. The summed E-state index contributed by atoms with van der Waals surface area (Å²) in [6.45, 7) is 3.70. The van der Waals surface area contributed by atoms with Gasteiger partial charge >= 0.3 is 0 Å². The zero-order valence-electron chi connectivity index (χ0n) is 16.1. The Morgan fingerprint density at radius 2 is 1.82 bits per heavy atom. The van der Waals surface area contributed by atoms with Gasteiger partial charge in [-0.3, -0.25) is 4.79 Å². The number of nitrogens with two attached hydrogens (primary N) is 1. The first-order valence-electron chi connectivity index (χ1n) is 9.98. The molecule has 28 heavy (non-hydrogen) atoms. The van der Waals surface area contributed by atoms with E-state index < -0.39 is 0 Å². The molecule has 1 heterocycles. The Morgan fingerprint density at radius 1 is 1.07 bits per heavy atom. The number of nitrogens with one attached hydrogen (secondary N) is 1. The normalized spacial score (nSPS) is 18.0. The van der Waals surface area contributed by atoms with Gasteiger partial charge in [-0.05, 0) is 53.8 Å². The summed E-state index contributed by atoms with van der Waals surface area (Å²) in [5.74, 6) is 0.00889. The molecule has 1 aliphatic carbocycles. The van der Waals surface area contributed by atoms with Crippen molar-refractivity contribution in [2.45, 2.75) is 31.3 Å². The summed E-state index contributed by atoms with van der Waals surface area (Å²) in [5, 5.41) is 5.80. The highest BCUT2D eigenvalue weighted by Crippen LogP contribution is 2.48. The average Bonchev–Trinajstić information content (AvgIpc) is 3.46. The molecule has 4 heteroatoms. The Labute approximate surface area is 165 Å². The van der Waals surface area contributed by atoms with Crippen LogP contribution in [0.4, 0.5) is 5.69 Å². The van der Waals surface area contributed by atoms with Crippen LogP contribution >= 0.6 is 0 Å². The van der Waals surface area contributed by atoms with Gasteiger partial charge in [-0.1, -0.05) is 48.5 Å². The number of aryl methyl sites for hydroxylation is 1. The van der Waals surface area contributed by atoms with Gasteiger partial charge in [0.2, 0.25) is 0 Å². The molecule has 0 aromatic heterocycles. The van der Waals surface area contributed by atoms with Crippen molar-refractivity contribution in [2.24, 2.45) is 5.73 Å². The first kappa shape index (κ1) is 17.3. The lowest BCUT2D eigenvalue weighted by molar-refractivity contribution is 0.0930. The molecule has 2 fully saturated rings. The highest BCUT2D eigenvalue weighted by atomic mass is 16.1. The van der Waals surface area contributed by atoms with Gasteiger partial charge in [-0.2, -0.15) is 0 Å². The van der Waals surface area contributed by atoms with E-state index in [1.807, 2.05) is 19.1 Å². The van der Waals surface area contributed by atoms with Gasteiger partial charge in [0, 0.05) is 30.4 Å². The summed E-state index contributed by atoms with van der Waals surface area (Å²) in [4.78, 5) is 15.4. The summed E-state index contributed by atoms with van der Waals surface area (Å²) in [7, 11) is 0. The molecular weight excluding hydrogens is 346 g/mol. The van der Waals surface area contributed by atoms with Crippen LogP contribution in [-0.2, 0) is 5.54 Å². The van der Waals surface area contributed by atoms with E-state index in [1.54, 1.807) is 0 Å². The van der Waals surface area contributed by atoms with Gasteiger partial charge < -0.3 is 16.0 Å². The van der Waals surface area contributed by atoms with Crippen LogP contribution in [0.3, 0.4) is 0 Å². The quantitative estimate of drug-likeness (QED) is 0.735. The van der Waals surface area contributed by atoms with Crippen LogP contribution in [0, 0.1) is 6.92 Å². The monoisotopic (exact) mass is 371 g/mol. The lowest BCUT2D eigenvalue weighted by atomic mass is 9.96. The minimum atomic E-state index is -0.250. The van der Waals surface area contributed by atoms with E-state index in [9.17, 15) is 4.79 Å². The topological polar surface area (TPSA) is 58.4 Å². The van der Waals surface area contributed by atoms with Gasteiger partial charge in [-0.15, -0.1) is 0 Å². The Morgan fingerprint density at radius 3 is 2.57 bits per heavy atom. The largest absolute Gasteiger partial charge is 0.368 e. The van der Waals surface area contributed by atoms with Gasteiger partial charge in [0.05, 0.1) is 5.54 Å². The second-order valence-corrected chi connectivity index (χ2v) is 8.23. The number of fused-ring (bicyclic) bond motifs is 1. The fraction of sp³-hybridized carbons (Fsp3) is 0.292. The molecule has 1 saturated heterocycles. The van der Waals surface area contributed by atoms with Crippen LogP contribution in [0.1, 0.15) is 34.3 Å². The molecule has 0 atom stereocenters. The van der Waals surface area contributed by atoms with E-state index in [0.29, 0.717) is 0 Å². The Bertz CT molecular complexity index is 1060. The molecular formula is C24H25N3O. The Balaban J connectivity index is 1.45. The fourth-order valence-electron chi connectivity index (χ4n) is 4.29. The van der Waals surface area contributed by atoms with Crippen molar-refractivity contribution >= 4 is 22.4 Å². The van der Waals surface area contributed by atoms with Crippen LogP contribution in [-0.4, -0.2) is 25.0 Å². The molecule has 0 unspecified atom stereocenters. The third-order valence-electron chi connectivity index (χ3n) is 6.15. The zero-order chi connectivity index (χ0) is 19.3. The number of amides is 1. The molecule has 142 valence electrons. The zero-order valence-corrected chi connectivity index (χ0v) is 16.1. The predicted molar refractivity (Wildman–Crippen MR) is 114 cm³/mol. The van der Waals surface area contributed by atoms with Gasteiger partial charge in [0.15, 0.2) is 0 Å². The highest BCUT2D eigenvalue weighted by Gasteiger charge is 2.46. The molecule has 5 rings (SSSR count). The lowest BCUT2D eigenvalue weighted by Gasteiger charge is -2.39. The second kappa shape index (κ2) is 6.35. The van der Waals surface area contributed by atoms with E-state index in [2.05, 4.69) is 58.7 Å². The third kappa shape index (κ3) is 2.85. The second-order valence-electron chi connectivity index (χ2n) is 8.23. The maximum absolute atomic E-state index is 13.2. The first-order chi connectivity index (χ1) is 13.6. The number of carbonyl (C=O) groups excluding carboxylic acids is 1. The molecule has 0 radical (unpaired) electrons. The number of nitrogens with zero attached hydrogens (tertiary/aromatic N) is 1. The average molecular weight is 371 g/mol. The third-order valence-corrected chi connectivity index (χ3v) is 6.15. The van der Waals surface area contributed by atoms with Gasteiger partial charge in [0.25, 0.3) is 5.91 Å². The SMILES string of the molecule is Cc1ccc(N2CC(N)C2)cc1C(=O)NC1(c2cccc3ccccc23)CC1. The molecule has 1 amide bonds. The molecule has 3 aromatic carbocycles. The van der Waals surface area contributed by atoms with Crippen LogP contribution in [0.15, 0.2) is 60.7 Å². The summed E-state index contributed by atoms with van der Waals surface area (Å²) < 4.78 is 0. The first-order valence-corrected chi connectivity index (χ1v) is 9.98. The number of carbonyl (C=O) groups is 1. The molecule has 1 aliphatic heterocycles. The van der Waals surface area contributed by atoms with E-state index in [1.165, 1.54) is 16.3 Å². The Kier molecular flexibility index (Phi) is 3.91. The lowest BCUT2D eigenvalue weighted by Crippen LogP contribution is -2.55. The minimum Gasteiger partial charge on any atom is -0.368 e. The van der Waals surface area contributed by atoms with Crippen molar-refractivity contribution in [1.29, 1.82) is 0 Å². The van der Waals surface area contributed by atoms with E-state index in [-0.39, 0.29) is 17.5 Å². The fourth-order valence-corrected chi connectivity index (χ4v) is 4.29. The summed E-state index contributed by atoms with van der Waals surface area (Å²) >= 11 is 0. The van der Waals surface area contributed by atoms with Crippen molar-refractivity contribution in [2.75, 3.05) is 18.0 Å². The maximum Gasteiger partial charge on any atom is 0.252 e. The number of rotatable bonds is 4. The molecule has 3 N–H and O–H groups in total. The molecule has 3 aromatic rings. The van der Waals surface area contributed by atoms with Gasteiger partial charge in [-0.25, -0.2) is 0 Å². The van der Waals surface area contributed by atoms with Crippen LogP contribution < -0.4 is 16.0 Å². The number of hydrogen-bond acceptors (Lipinski definition) is 3. The van der Waals surface area contributed by atoms with Crippen molar-refractivity contribution in [3.05, 3.63) is 77.4 Å². The van der Waals surface area contributed by atoms with Crippen LogP contribution in [0.2, 0.25) is 0 Å². The smallest absolute Gasteiger partial charge is 0.252 e. The van der Waals surface area contributed by atoms with Crippen molar-refractivity contribution < 1.29 is 4.79 Å². The number of benzene rings is 3. The maximum atomic E-state index is 13.2. The number of hydrogen-bond donors (Lipinski definition) is 2. The molecule has 1 saturated carbocycles. The summed E-state index contributed by atoms with van der Waals surface area (Å²) in [6, 6.07) is 21.1. The van der Waals surface area contributed by atoms with E-state index in [0.717, 1.165) is 42.7 Å². The van der Waals surface area contributed by atoms with Crippen LogP contribution in [0.5, 0.6) is 0 Å². The molecule has 0 spiro atoms. The minimum absolute atomic E-state index is 0.00889. The van der Waals surface area contributed by atoms with Crippen molar-refractivity contribution in [3.63, 3.8) is 0 Å².